The Balaban J connectivity index is 2.22. The van der Waals surface area contributed by atoms with E-state index in [1.165, 1.54) is 4.90 Å². The first-order chi connectivity index (χ1) is 9.78. The largest absolute Gasteiger partial charge is 0.478 e. The summed E-state index contributed by atoms with van der Waals surface area (Å²) in [7, 11) is 0. The third-order valence-electron chi connectivity index (χ3n) is 3.09. The zero-order valence-electron chi connectivity index (χ0n) is 12.4. The van der Waals surface area contributed by atoms with Gasteiger partial charge in [-0.2, -0.15) is 0 Å². The van der Waals surface area contributed by atoms with Gasteiger partial charge in [-0.3, -0.25) is 4.90 Å². The van der Waals surface area contributed by atoms with E-state index in [9.17, 15) is 14.7 Å². The molecule has 5 heteroatoms. The number of aliphatic carboxylic acids is 1. The summed E-state index contributed by atoms with van der Waals surface area (Å²) in [6, 6.07) is 9.24. The fourth-order valence-electron chi connectivity index (χ4n) is 2.19. The van der Waals surface area contributed by atoms with Crippen molar-refractivity contribution in [2.45, 2.75) is 26.4 Å². The molecule has 0 fully saturated rings. The van der Waals surface area contributed by atoms with Gasteiger partial charge in [-0.05, 0) is 31.9 Å². The van der Waals surface area contributed by atoms with Crippen LogP contribution in [0.2, 0.25) is 0 Å². The molecule has 1 aliphatic heterocycles. The molecule has 0 aliphatic carbocycles. The summed E-state index contributed by atoms with van der Waals surface area (Å²) >= 11 is 0. The van der Waals surface area contributed by atoms with E-state index in [2.05, 4.69) is 0 Å². The lowest BCUT2D eigenvalue weighted by molar-refractivity contribution is -0.132. The van der Waals surface area contributed by atoms with E-state index in [1.54, 1.807) is 20.8 Å². The number of benzene rings is 1. The van der Waals surface area contributed by atoms with E-state index in [4.69, 9.17) is 4.74 Å². The van der Waals surface area contributed by atoms with Gasteiger partial charge in [-0.1, -0.05) is 30.3 Å². The van der Waals surface area contributed by atoms with Crippen molar-refractivity contribution in [1.29, 1.82) is 0 Å². The van der Waals surface area contributed by atoms with Gasteiger partial charge in [-0.15, -0.1) is 0 Å². The number of rotatable bonds is 2. The first-order valence-corrected chi connectivity index (χ1v) is 6.76. The fraction of sp³-hybridized carbons (Fsp3) is 0.375. The number of nitrogens with zero attached hydrogens (tertiary/aromatic N) is 1. The van der Waals surface area contributed by atoms with E-state index in [-0.39, 0.29) is 18.7 Å². The normalized spacial score (nSPS) is 15.3. The Morgan fingerprint density at radius 2 is 1.76 bits per heavy atom. The van der Waals surface area contributed by atoms with Crippen LogP contribution in [0.3, 0.4) is 0 Å². The molecule has 21 heavy (non-hydrogen) atoms. The predicted octanol–water partition coefficient (Wildman–Crippen LogP) is 2.78. The smallest absolute Gasteiger partial charge is 0.410 e. The first kappa shape index (κ1) is 15.1. The number of ether oxygens (including phenoxy) is 1. The lowest BCUT2D eigenvalue weighted by Gasteiger charge is -2.24. The molecule has 0 bridgehead atoms. The number of hydrogen-bond acceptors (Lipinski definition) is 3. The molecule has 1 N–H and O–H groups in total. The number of carbonyl (C=O) groups is 2. The monoisotopic (exact) mass is 289 g/mol. The van der Waals surface area contributed by atoms with Gasteiger partial charge in [0.25, 0.3) is 0 Å². The summed E-state index contributed by atoms with van der Waals surface area (Å²) < 4.78 is 5.30. The van der Waals surface area contributed by atoms with Gasteiger partial charge in [0.05, 0.1) is 18.7 Å². The second kappa shape index (κ2) is 5.60. The van der Waals surface area contributed by atoms with Crippen LogP contribution in [0.5, 0.6) is 0 Å². The molecule has 0 saturated heterocycles. The maximum atomic E-state index is 12.1. The molecule has 1 aromatic rings. The topological polar surface area (TPSA) is 66.8 Å². The lowest BCUT2D eigenvalue weighted by atomic mass is 10.0. The van der Waals surface area contributed by atoms with Crippen molar-refractivity contribution in [3.63, 3.8) is 0 Å². The van der Waals surface area contributed by atoms with Gasteiger partial charge >= 0.3 is 12.1 Å². The quantitative estimate of drug-likeness (QED) is 0.909. The molecule has 1 aromatic carbocycles. The number of carboxylic acid groups (broad SMARTS) is 1. The molecule has 0 saturated carbocycles. The Kier molecular flexibility index (Phi) is 4.02. The Morgan fingerprint density at radius 1 is 1.14 bits per heavy atom. The molecular formula is C16H19NO4. The van der Waals surface area contributed by atoms with Crippen LogP contribution in [-0.2, 0) is 9.53 Å². The average Bonchev–Trinajstić information content (AvgIpc) is 2.83. The van der Waals surface area contributed by atoms with Crippen molar-refractivity contribution in [2.24, 2.45) is 0 Å². The maximum absolute atomic E-state index is 12.1. The van der Waals surface area contributed by atoms with Crippen LogP contribution in [0.15, 0.2) is 35.9 Å². The molecule has 1 aliphatic rings. The first-order valence-electron chi connectivity index (χ1n) is 6.76. The van der Waals surface area contributed by atoms with Crippen LogP contribution >= 0.6 is 0 Å². The van der Waals surface area contributed by atoms with Gasteiger partial charge in [0.1, 0.15) is 5.60 Å². The van der Waals surface area contributed by atoms with Crippen molar-refractivity contribution in [1.82, 2.24) is 4.90 Å². The Labute approximate surface area is 123 Å². The molecular weight excluding hydrogens is 270 g/mol. The zero-order valence-corrected chi connectivity index (χ0v) is 12.4. The molecule has 0 unspecified atom stereocenters. The van der Waals surface area contributed by atoms with Crippen molar-refractivity contribution in [3.8, 4) is 0 Å². The molecule has 0 aromatic heterocycles. The fourth-order valence-corrected chi connectivity index (χ4v) is 2.19. The molecule has 0 radical (unpaired) electrons. The van der Waals surface area contributed by atoms with Crippen molar-refractivity contribution >= 4 is 17.6 Å². The Hall–Kier alpha value is -2.30. The van der Waals surface area contributed by atoms with Gasteiger partial charge in [0, 0.05) is 0 Å². The van der Waals surface area contributed by atoms with E-state index < -0.39 is 17.7 Å². The number of carboxylic acids is 1. The zero-order chi connectivity index (χ0) is 15.6. The standard InChI is InChI=1S/C16H19NO4/c1-16(2,3)21-15(20)17-9-12(13(10-17)14(18)19)11-7-5-4-6-8-11/h4-8H,9-10H2,1-3H3,(H,18,19). The lowest BCUT2D eigenvalue weighted by Crippen LogP contribution is -2.36. The summed E-state index contributed by atoms with van der Waals surface area (Å²) in [5.41, 5.74) is 1.12. The van der Waals surface area contributed by atoms with Crippen LogP contribution in [0.25, 0.3) is 5.57 Å². The number of hydrogen-bond donors (Lipinski definition) is 1. The molecule has 112 valence electrons. The van der Waals surface area contributed by atoms with Gasteiger partial charge < -0.3 is 9.84 Å². The highest BCUT2D eigenvalue weighted by Gasteiger charge is 2.32. The molecule has 0 atom stereocenters. The highest BCUT2D eigenvalue weighted by atomic mass is 16.6. The number of carbonyl (C=O) groups excluding carboxylic acids is 1. The van der Waals surface area contributed by atoms with Crippen LogP contribution in [0.4, 0.5) is 4.79 Å². The highest BCUT2D eigenvalue weighted by molar-refractivity contribution is 6.00. The summed E-state index contributed by atoms with van der Waals surface area (Å²) in [6.07, 6.45) is -0.493. The van der Waals surface area contributed by atoms with Gasteiger partial charge in [-0.25, -0.2) is 9.59 Å². The van der Waals surface area contributed by atoms with Gasteiger partial charge in [0.15, 0.2) is 0 Å². The third-order valence-corrected chi connectivity index (χ3v) is 3.09. The third kappa shape index (κ3) is 3.62. The summed E-state index contributed by atoms with van der Waals surface area (Å²) in [4.78, 5) is 24.9. The van der Waals surface area contributed by atoms with Gasteiger partial charge in [0.2, 0.25) is 0 Å². The minimum atomic E-state index is -1.00. The van der Waals surface area contributed by atoms with Crippen molar-refractivity contribution < 1.29 is 19.4 Å². The van der Waals surface area contributed by atoms with Crippen molar-refractivity contribution in [3.05, 3.63) is 41.5 Å². The molecule has 1 heterocycles. The van der Waals surface area contributed by atoms with E-state index in [1.807, 2.05) is 30.3 Å². The van der Waals surface area contributed by atoms with E-state index >= 15 is 0 Å². The van der Waals surface area contributed by atoms with Crippen LogP contribution in [0.1, 0.15) is 26.3 Å². The summed E-state index contributed by atoms with van der Waals surface area (Å²) in [5, 5.41) is 9.34. The Morgan fingerprint density at radius 3 is 2.29 bits per heavy atom. The highest BCUT2D eigenvalue weighted by Crippen LogP contribution is 2.28. The Bertz CT molecular complexity index is 584. The van der Waals surface area contributed by atoms with Crippen LogP contribution in [-0.4, -0.2) is 40.8 Å². The minimum Gasteiger partial charge on any atom is -0.478 e. The maximum Gasteiger partial charge on any atom is 0.410 e. The van der Waals surface area contributed by atoms with Crippen molar-refractivity contribution in [2.75, 3.05) is 13.1 Å². The second-order valence-corrected chi connectivity index (χ2v) is 5.96. The SMILES string of the molecule is CC(C)(C)OC(=O)N1CC(C(=O)O)=C(c2ccccc2)C1. The predicted molar refractivity (Wildman–Crippen MR) is 78.8 cm³/mol. The average molecular weight is 289 g/mol. The number of amides is 1. The molecule has 2 rings (SSSR count). The molecule has 0 spiro atoms. The van der Waals surface area contributed by atoms with E-state index in [0.717, 1.165) is 5.56 Å². The summed E-state index contributed by atoms with van der Waals surface area (Å²) in [6.45, 7) is 5.66. The minimum absolute atomic E-state index is 0.0640. The molecule has 1 amide bonds. The second-order valence-electron chi connectivity index (χ2n) is 5.96. The van der Waals surface area contributed by atoms with E-state index in [0.29, 0.717) is 5.57 Å². The summed E-state index contributed by atoms with van der Waals surface area (Å²) in [5.74, 6) is -1.00. The van der Waals surface area contributed by atoms with Crippen LogP contribution in [0, 0.1) is 0 Å². The molecule has 5 nitrogen and oxygen atoms in total. The van der Waals surface area contributed by atoms with Crippen LogP contribution < -0.4 is 0 Å².